The molecule has 83 heavy (non-hydrogen) atoms. The number of hydrogen-bond donors (Lipinski definition) is 0. The minimum atomic E-state index is -0.832. The van der Waals surface area contributed by atoms with Gasteiger partial charge in [-0.1, -0.05) is 259 Å². The van der Waals surface area contributed by atoms with Crippen molar-refractivity contribution in [2.75, 3.05) is 13.2 Å². The van der Waals surface area contributed by atoms with Crippen LogP contribution in [0.15, 0.2) is 207 Å². The van der Waals surface area contributed by atoms with Gasteiger partial charge in [-0.3, -0.25) is 14.4 Å². The SMILES string of the molecule is CC/C=C\C/C=C\C/C=C\C/C=C\C/C=C\C/C=C\C/C=C\CCCCCCCC(=O)OCC(COC(=O)CCCCC/C=C\C/C=C\C/C=C\CC)OC(=O)CCCCC/C=C\C/C=C\C/C=C\C/C=C\C/C=C\C/C=C\C/C=C\CC. The molecule has 1 atom stereocenters. The standard InChI is InChI=1S/C77H116O6/c1-4-7-10-13-16-19-22-25-27-29-31-33-35-37-38-40-41-43-45-47-49-52-55-58-61-64-67-70-76(79)82-73-74(72-81-75(78)69-66-63-60-57-54-51-24-21-18-15-12-9-6-3)83-77(80)71-68-65-62-59-56-53-50-48-46-44-42-39-36-34-32-30-28-26-23-20-17-14-11-8-5-2/h7-12,16-21,25-28,31-34,37-39,41-43,46-49,51,53-54,56,74H,4-6,13-15,22-24,29-30,35-36,40,44-45,50,52,55,57-73H2,1-3H3/b10-7-,11-8-,12-9-,19-16-,20-17-,21-18-,27-25-,28-26-,33-31-,34-32-,38-37-,42-39-,43-41-,48-46-,49-47-,54-51-,56-53-. The first-order valence-electron chi connectivity index (χ1n) is 32.6. The first kappa shape index (κ1) is 77.0. The summed E-state index contributed by atoms with van der Waals surface area (Å²) in [5, 5.41) is 0. The molecule has 0 N–H and O–H groups in total. The summed E-state index contributed by atoms with van der Waals surface area (Å²) >= 11 is 0. The van der Waals surface area contributed by atoms with Crippen LogP contribution >= 0.6 is 0 Å². The van der Waals surface area contributed by atoms with E-state index in [0.29, 0.717) is 19.3 Å². The molecule has 0 bridgehead atoms. The van der Waals surface area contributed by atoms with Crippen LogP contribution < -0.4 is 0 Å². The van der Waals surface area contributed by atoms with Crippen LogP contribution in [0.2, 0.25) is 0 Å². The van der Waals surface area contributed by atoms with Crippen molar-refractivity contribution in [2.24, 2.45) is 0 Å². The molecule has 460 valence electrons. The second kappa shape index (κ2) is 68.5. The van der Waals surface area contributed by atoms with Gasteiger partial charge in [-0.15, -0.1) is 0 Å². The first-order chi connectivity index (χ1) is 41.0. The van der Waals surface area contributed by atoms with Crippen molar-refractivity contribution >= 4 is 17.9 Å². The van der Waals surface area contributed by atoms with Gasteiger partial charge >= 0.3 is 17.9 Å². The fourth-order valence-electron chi connectivity index (χ4n) is 8.00. The van der Waals surface area contributed by atoms with Crippen molar-refractivity contribution in [1.29, 1.82) is 0 Å². The van der Waals surface area contributed by atoms with Crippen LogP contribution in [-0.4, -0.2) is 37.2 Å². The third-order valence-corrected chi connectivity index (χ3v) is 12.8. The summed E-state index contributed by atoms with van der Waals surface area (Å²) < 4.78 is 16.8. The maximum Gasteiger partial charge on any atom is 0.306 e. The van der Waals surface area contributed by atoms with Gasteiger partial charge < -0.3 is 14.2 Å². The third-order valence-electron chi connectivity index (χ3n) is 12.8. The molecule has 6 heteroatoms. The summed E-state index contributed by atoms with van der Waals surface area (Å²) in [6.07, 6.45) is 105. The molecule has 0 heterocycles. The third kappa shape index (κ3) is 66.7. The second-order valence-corrected chi connectivity index (χ2v) is 20.5. The average molecular weight is 1140 g/mol. The van der Waals surface area contributed by atoms with Crippen LogP contribution in [0.3, 0.4) is 0 Å². The van der Waals surface area contributed by atoms with E-state index in [0.717, 1.165) is 193 Å². The van der Waals surface area contributed by atoms with Crippen molar-refractivity contribution in [3.63, 3.8) is 0 Å². The number of unbranched alkanes of at least 4 members (excludes halogenated alkanes) is 11. The fraction of sp³-hybridized carbons (Fsp3) is 0.519. The van der Waals surface area contributed by atoms with Crippen molar-refractivity contribution in [2.45, 2.75) is 245 Å². The summed E-state index contributed by atoms with van der Waals surface area (Å²) in [5.41, 5.74) is 0. The van der Waals surface area contributed by atoms with E-state index in [1.54, 1.807) is 0 Å². The predicted molar refractivity (Wildman–Crippen MR) is 361 cm³/mol. The van der Waals surface area contributed by atoms with Crippen LogP contribution in [0.25, 0.3) is 0 Å². The van der Waals surface area contributed by atoms with Gasteiger partial charge in [0.2, 0.25) is 0 Å². The lowest BCUT2D eigenvalue weighted by Gasteiger charge is -2.18. The van der Waals surface area contributed by atoms with Crippen molar-refractivity contribution in [3.05, 3.63) is 207 Å². The maximum atomic E-state index is 12.9. The summed E-state index contributed by atoms with van der Waals surface area (Å²) in [4.78, 5) is 38.3. The quantitative estimate of drug-likeness (QED) is 0.0261. The van der Waals surface area contributed by atoms with Crippen molar-refractivity contribution in [1.82, 2.24) is 0 Å². The van der Waals surface area contributed by atoms with Crippen LogP contribution in [0.1, 0.15) is 239 Å². The molecule has 0 aromatic heterocycles. The molecule has 0 radical (unpaired) electrons. The molecule has 0 aliphatic rings. The van der Waals surface area contributed by atoms with E-state index in [1.807, 2.05) is 0 Å². The van der Waals surface area contributed by atoms with Crippen LogP contribution in [0, 0.1) is 0 Å². The van der Waals surface area contributed by atoms with E-state index >= 15 is 0 Å². The second-order valence-electron chi connectivity index (χ2n) is 20.5. The Balaban J connectivity index is 4.52. The Hall–Kier alpha value is -6.01. The number of ether oxygens (including phenoxy) is 3. The zero-order chi connectivity index (χ0) is 59.9. The fourth-order valence-corrected chi connectivity index (χ4v) is 8.00. The minimum Gasteiger partial charge on any atom is -0.462 e. The highest BCUT2D eigenvalue weighted by molar-refractivity contribution is 5.71. The molecule has 0 saturated carbocycles. The number of allylic oxidation sites excluding steroid dienone is 34. The molecule has 0 rings (SSSR count). The molecule has 0 spiro atoms. The highest BCUT2D eigenvalue weighted by Gasteiger charge is 2.19. The minimum absolute atomic E-state index is 0.124. The summed E-state index contributed by atoms with van der Waals surface area (Å²) in [6.45, 7) is 6.21. The molecule has 0 saturated heterocycles. The Kier molecular flexibility index (Phi) is 63.5. The van der Waals surface area contributed by atoms with Gasteiger partial charge in [0.05, 0.1) is 0 Å². The highest BCUT2D eigenvalue weighted by Crippen LogP contribution is 2.12. The van der Waals surface area contributed by atoms with Crippen molar-refractivity contribution < 1.29 is 28.6 Å². The van der Waals surface area contributed by atoms with Gasteiger partial charge in [-0.05, 0) is 167 Å². The Morgan fingerprint density at radius 2 is 0.434 bits per heavy atom. The highest BCUT2D eigenvalue weighted by atomic mass is 16.6. The molecular weight excluding hydrogens is 1020 g/mol. The van der Waals surface area contributed by atoms with Crippen LogP contribution in [0.5, 0.6) is 0 Å². The van der Waals surface area contributed by atoms with E-state index in [2.05, 4.69) is 227 Å². The maximum absolute atomic E-state index is 12.9. The van der Waals surface area contributed by atoms with Gasteiger partial charge in [0.1, 0.15) is 13.2 Å². The topological polar surface area (TPSA) is 78.9 Å². The normalized spacial score (nSPS) is 13.5. The molecule has 0 fully saturated rings. The van der Waals surface area contributed by atoms with Gasteiger partial charge in [0.15, 0.2) is 6.10 Å². The van der Waals surface area contributed by atoms with Gasteiger partial charge in [-0.25, -0.2) is 0 Å². The number of rotatable bonds is 56. The molecule has 6 nitrogen and oxygen atoms in total. The van der Waals surface area contributed by atoms with E-state index in [4.69, 9.17) is 14.2 Å². The molecule has 0 aromatic carbocycles. The van der Waals surface area contributed by atoms with E-state index < -0.39 is 6.10 Å². The Bertz CT molecular complexity index is 2030. The molecule has 1 unspecified atom stereocenters. The van der Waals surface area contributed by atoms with Gasteiger partial charge in [-0.2, -0.15) is 0 Å². The summed E-state index contributed by atoms with van der Waals surface area (Å²) in [5.74, 6) is -1.02. The largest absolute Gasteiger partial charge is 0.462 e. The van der Waals surface area contributed by atoms with Crippen LogP contribution in [-0.2, 0) is 28.6 Å². The monoisotopic (exact) mass is 1140 g/mol. The number of carbonyl (C=O) groups is 3. The zero-order valence-electron chi connectivity index (χ0n) is 52.6. The lowest BCUT2D eigenvalue weighted by Crippen LogP contribution is -2.30. The lowest BCUT2D eigenvalue weighted by atomic mass is 10.1. The molecule has 0 amide bonds. The molecular formula is C77H116O6. The van der Waals surface area contributed by atoms with Crippen LogP contribution in [0.4, 0.5) is 0 Å². The molecule has 0 aromatic rings. The number of esters is 3. The Labute approximate surface area is 509 Å². The molecule has 0 aliphatic carbocycles. The van der Waals surface area contributed by atoms with E-state index in [1.165, 1.54) is 0 Å². The van der Waals surface area contributed by atoms with Gasteiger partial charge in [0, 0.05) is 19.3 Å². The molecule has 0 aliphatic heterocycles. The summed E-state index contributed by atoms with van der Waals surface area (Å²) in [6, 6.07) is 0. The van der Waals surface area contributed by atoms with E-state index in [-0.39, 0.29) is 37.5 Å². The Morgan fingerprint density at radius 1 is 0.241 bits per heavy atom. The first-order valence-corrected chi connectivity index (χ1v) is 32.6. The smallest absolute Gasteiger partial charge is 0.306 e. The Morgan fingerprint density at radius 3 is 0.687 bits per heavy atom. The lowest BCUT2D eigenvalue weighted by molar-refractivity contribution is -0.167. The van der Waals surface area contributed by atoms with Gasteiger partial charge in [0.25, 0.3) is 0 Å². The number of carbonyl (C=O) groups excluding carboxylic acids is 3. The number of hydrogen-bond acceptors (Lipinski definition) is 6. The average Bonchev–Trinajstić information content (AvgIpc) is 3.49. The van der Waals surface area contributed by atoms with Crippen molar-refractivity contribution in [3.8, 4) is 0 Å². The van der Waals surface area contributed by atoms with E-state index in [9.17, 15) is 14.4 Å². The summed E-state index contributed by atoms with van der Waals surface area (Å²) in [7, 11) is 0. The zero-order valence-corrected chi connectivity index (χ0v) is 52.6. The predicted octanol–water partition coefficient (Wildman–Crippen LogP) is 22.8.